The van der Waals surface area contributed by atoms with E-state index >= 15 is 0 Å². The van der Waals surface area contributed by atoms with E-state index in [2.05, 4.69) is 26.3 Å². The summed E-state index contributed by atoms with van der Waals surface area (Å²) >= 11 is 0. The predicted octanol–water partition coefficient (Wildman–Crippen LogP) is 5.13. The first-order chi connectivity index (χ1) is 20.0. The number of carbonyl (C=O) groups is 1. The average Bonchev–Trinajstić information content (AvgIpc) is 3.49. The number of anilines is 2. The second-order valence-electron chi connectivity index (χ2n) is 9.72. The largest absolute Gasteiger partial charge is 0.484 e. The number of aliphatic hydroxyl groups excluding tert-OH is 1. The fraction of sp³-hybridized carbons (Fsp3) is 0.281. The van der Waals surface area contributed by atoms with Gasteiger partial charge >= 0.3 is 0 Å². The fourth-order valence-electron chi connectivity index (χ4n) is 4.80. The van der Waals surface area contributed by atoms with Crippen molar-refractivity contribution in [3.05, 3.63) is 102 Å². The Labute approximate surface area is 241 Å². The highest BCUT2D eigenvalue weighted by molar-refractivity contribution is 5.90. The lowest BCUT2D eigenvalue weighted by molar-refractivity contribution is -0.118. The van der Waals surface area contributed by atoms with Gasteiger partial charge in [-0.15, -0.1) is 0 Å². The van der Waals surface area contributed by atoms with E-state index in [1.165, 1.54) is 0 Å². The number of nitrogens with two attached hydrogens (primary N) is 1. The van der Waals surface area contributed by atoms with Gasteiger partial charge < -0.3 is 19.6 Å². The zero-order chi connectivity index (χ0) is 29.0. The number of para-hydroxylation sites is 1. The van der Waals surface area contributed by atoms with Gasteiger partial charge in [0, 0.05) is 24.0 Å². The minimum atomic E-state index is -0.348. The van der Waals surface area contributed by atoms with E-state index in [0.29, 0.717) is 23.6 Å². The van der Waals surface area contributed by atoms with Gasteiger partial charge in [0.05, 0.1) is 18.3 Å². The molecule has 1 aliphatic rings. The van der Waals surface area contributed by atoms with Gasteiger partial charge in [0.25, 0.3) is 5.91 Å². The summed E-state index contributed by atoms with van der Waals surface area (Å²) in [7, 11) is 0. The van der Waals surface area contributed by atoms with Crippen LogP contribution >= 0.6 is 0 Å². The van der Waals surface area contributed by atoms with Crippen LogP contribution in [0.5, 0.6) is 5.75 Å². The number of amides is 1. The molecule has 1 amide bonds. The molecule has 2 heterocycles. The Morgan fingerprint density at radius 2 is 2.02 bits per heavy atom. The van der Waals surface area contributed by atoms with Gasteiger partial charge in [0.15, 0.2) is 12.4 Å². The molecule has 1 aliphatic heterocycles. The second-order valence-corrected chi connectivity index (χ2v) is 9.72. The van der Waals surface area contributed by atoms with Crippen LogP contribution in [0, 0.1) is 0 Å². The Balaban J connectivity index is 1.40. The number of benzene rings is 2. The maximum absolute atomic E-state index is 12.3. The molecule has 0 aliphatic carbocycles. The lowest BCUT2D eigenvalue weighted by Gasteiger charge is -2.26. The van der Waals surface area contributed by atoms with Crippen molar-refractivity contribution in [2.24, 2.45) is 5.90 Å². The molecular formula is C32H37N5O4. The van der Waals surface area contributed by atoms with Crippen LogP contribution in [0.2, 0.25) is 0 Å². The number of aromatic nitrogens is 2. The SMILES string of the molecule is C/C=C(\C=C/C/C(C)=C(\ON)c1cccc(N2CCCC2CO)c1)c1ccnc(NC(=O)COc2ccccc2)n1. The summed E-state index contributed by atoms with van der Waals surface area (Å²) in [4.78, 5) is 28.6. The van der Waals surface area contributed by atoms with Crippen LogP contribution < -0.4 is 20.9 Å². The molecule has 0 bridgehead atoms. The molecule has 214 valence electrons. The van der Waals surface area contributed by atoms with Crippen LogP contribution in [0.4, 0.5) is 11.6 Å². The summed E-state index contributed by atoms with van der Waals surface area (Å²) in [5.41, 5.74) is 4.44. The highest BCUT2D eigenvalue weighted by Gasteiger charge is 2.24. The highest BCUT2D eigenvalue weighted by Crippen LogP contribution is 2.30. The van der Waals surface area contributed by atoms with Crippen LogP contribution in [0.1, 0.15) is 44.4 Å². The molecule has 2 aromatic carbocycles. The highest BCUT2D eigenvalue weighted by atomic mass is 16.6. The molecule has 9 heteroatoms. The molecule has 1 atom stereocenters. The fourth-order valence-corrected chi connectivity index (χ4v) is 4.80. The van der Waals surface area contributed by atoms with Gasteiger partial charge in [-0.1, -0.05) is 48.6 Å². The third kappa shape index (κ3) is 8.03. The van der Waals surface area contributed by atoms with Crippen molar-refractivity contribution in [1.29, 1.82) is 0 Å². The van der Waals surface area contributed by atoms with Crippen molar-refractivity contribution in [2.75, 3.05) is 30.0 Å². The number of allylic oxidation sites excluding steroid dienone is 5. The molecule has 9 nitrogen and oxygen atoms in total. The van der Waals surface area contributed by atoms with Gasteiger partial charge in [-0.2, -0.15) is 5.90 Å². The van der Waals surface area contributed by atoms with Crippen molar-refractivity contribution >= 4 is 28.9 Å². The van der Waals surface area contributed by atoms with Crippen molar-refractivity contribution in [3.8, 4) is 5.75 Å². The van der Waals surface area contributed by atoms with E-state index in [-0.39, 0.29) is 31.1 Å². The zero-order valence-electron chi connectivity index (χ0n) is 23.5. The maximum atomic E-state index is 12.3. The Morgan fingerprint density at radius 1 is 1.20 bits per heavy atom. The first kappa shape index (κ1) is 29.5. The van der Waals surface area contributed by atoms with Crippen LogP contribution in [-0.4, -0.2) is 46.8 Å². The molecule has 3 aromatic rings. The molecule has 0 spiro atoms. The third-order valence-electron chi connectivity index (χ3n) is 6.88. The van der Waals surface area contributed by atoms with E-state index in [1.54, 1.807) is 24.4 Å². The number of aliphatic hydroxyl groups is 1. The van der Waals surface area contributed by atoms with Gasteiger partial charge in [-0.25, -0.2) is 9.97 Å². The van der Waals surface area contributed by atoms with Gasteiger partial charge in [0.1, 0.15) is 5.75 Å². The summed E-state index contributed by atoms with van der Waals surface area (Å²) in [6.07, 6.45) is 10.2. The number of ether oxygens (including phenoxy) is 1. The van der Waals surface area contributed by atoms with Crippen molar-refractivity contribution in [1.82, 2.24) is 9.97 Å². The quantitative estimate of drug-likeness (QED) is 0.160. The molecular weight excluding hydrogens is 518 g/mol. The standard InChI is InChI=1S/C32H37N5O4/c1-3-24(29-17-18-34-32(35-29)36-30(39)22-40-28-15-5-4-6-16-28)11-7-10-23(2)31(41-33)25-12-8-13-26(20-25)37-19-9-14-27(37)21-38/h3-8,11-13,15-18,20,27,38H,9-10,14,19,21-22,33H2,1-2H3,(H,34,35,36,39)/b11-7-,24-3+,31-23-. The van der Waals surface area contributed by atoms with Crippen LogP contribution in [0.15, 0.2) is 90.7 Å². The number of rotatable bonds is 12. The minimum Gasteiger partial charge on any atom is -0.484 e. The van der Waals surface area contributed by atoms with E-state index in [1.807, 2.05) is 68.5 Å². The first-order valence-corrected chi connectivity index (χ1v) is 13.7. The smallest absolute Gasteiger partial charge is 0.264 e. The van der Waals surface area contributed by atoms with Gasteiger partial charge in [-0.3, -0.25) is 10.1 Å². The topological polar surface area (TPSA) is 123 Å². The van der Waals surface area contributed by atoms with E-state index in [4.69, 9.17) is 15.5 Å². The van der Waals surface area contributed by atoms with Crippen LogP contribution in [-0.2, 0) is 9.63 Å². The molecule has 1 fully saturated rings. The van der Waals surface area contributed by atoms with E-state index in [0.717, 1.165) is 41.8 Å². The van der Waals surface area contributed by atoms with Crippen molar-refractivity contribution < 1.29 is 19.5 Å². The third-order valence-corrected chi connectivity index (χ3v) is 6.88. The number of hydrogen-bond donors (Lipinski definition) is 3. The Morgan fingerprint density at radius 3 is 2.78 bits per heavy atom. The van der Waals surface area contributed by atoms with Crippen molar-refractivity contribution in [3.63, 3.8) is 0 Å². The van der Waals surface area contributed by atoms with Gasteiger partial charge in [0.2, 0.25) is 5.95 Å². The summed E-state index contributed by atoms with van der Waals surface area (Å²) in [5.74, 6) is 6.79. The predicted molar refractivity (Wildman–Crippen MR) is 162 cm³/mol. The molecule has 4 rings (SSSR count). The molecule has 4 N–H and O–H groups in total. The normalized spacial score (nSPS) is 16.0. The molecule has 1 aromatic heterocycles. The summed E-state index contributed by atoms with van der Waals surface area (Å²) < 4.78 is 5.49. The van der Waals surface area contributed by atoms with E-state index < -0.39 is 0 Å². The van der Waals surface area contributed by atoms with E-state index in [9.17, 15) is 9.90 Å². The lowest BCUT2D eigenvalue weighted by atomic mass is 10.0. The maximum Gasteiger partial charge on any atom is 0.264 e. The molecule has 1 saturated heterocycles. The minimum absolute atomic E-state index is 0.137. The Bertz CT molecular complexity index is 1400. The van der Waals surface area contributed by atoms with Crippen LogP contribution in [0.25, 0.3) is 11.3 Å². The monoisotopic (exact) mass is 555 g/mol. The van der Waals surface area contributed by atoms with Crippen molar-refractivity contribution in [2.45, 2.75) is 39.2 Å². The summed E-state index contributed by atoms with van der Waals surface area (Å²) in [6.45, 7) is 4.82. The zero-order valence-corrected chi connectivity index (χ0v) is 23.5. The number of nitrogens with one attached hydrogen (secondary N) is 1. The Hall–Kier alpha value is -4.47. The number of hydrogen-bond acceptors (Lipinski definition) is 8. The summed E-state index contributed by atoms with van der Waals surface area (Å²) in [6, 6.07) is 19.1. The van der Waals surface area contributed by atoms with Gasteiger partial charge in [-0.05, 0) is 74.6 Å². The number of nitrogens with zero attached hydrogens (tertiary/aromatic N) is 3. The van der Waals surface area contributed by atoms with Crippen LogP contribution in [0.3, 0.4) is 0 Å². The average molecular weight is 556 g/mol. The molecule has 0 saturated carbocycles. The lowest BCUT2D eigenvalue weighted by Crippen LogP contribution is -2.32. The first-order valence-electron chi connectivity index (χ1n) is 13.7. The Kier molecular flexibility index (Phi) is 10.6. The molecule has 0 radical (unpaired) electrons. The molecule has 41 heavy (non-hydrogen) atoms. The molecule has 1 unspecified atom stereocenters. The second kappa shape index (κ2) is 14.8. The number of carbonyl (C=O) groups excluding carboxylic acids is 1. The summed E-state index contributed by atoms with van der Waals surface area (Å²) in [5, 5.41) is 12.4.